The van der Waals surface area contributed by atoms with Crippen molar-refractivity contribution in [3.63, 3.8) is 0 Å². The molecule has 6 heteroatoms. The summed E-state index contributed by atoms with van der Waals surface area (Å²) in [5.74, 6) is 1.55. The molecule has 164 valence electrons. The van der Waals surface area contributed by atoms with E-state index in [1.54, 1.807) is 14.2 Å². The van der Waals surface area contributed by atoms with Crippen molar-refractivity contribution in [3.8, 4) is 11.5 Å². The fraction of sp³-hybridized carbons (Fsp3) is 0.440. The fourth-order valence-corrected chi connectivity index (χ4v) is 5.01. The Balaban J connectivity index is 1.50. The zero-order chi connectivity index (χ0) is 21.8. The van der Waals surface area contributed by atoms with E-state index in [0.717, 1.165) is 31.2 Å². The quantitative estimate of drug-likeness (QED) is 0.769. The molecule has 6 nitrogen and oxygen atoms in total. The molecule has 1 heterocycles. The minimum absolute atomic E-state index is 0.0405. The highest BCUT2D eigenvalue weighted by Gasteiger charge is 2.47. The van der Waals surface area contributed by atoms with Crippen LogP contribution in [0.15, 0.2) is 48.5 Å². The lowest BCUT2D eigenvalue weighted by molar-refractivity contribution is -0.125. The van der Waals surface area contributed by atoms with Crippen LogP contribution in [0.1, 0.15) is 48.0 Å². The van der Waals surface area contributed by atoms with Crippen molar-refractivity contribution in [2.24, 2.45) is 5.92 Å². The first kappa shape index (κ1) is 21.2. The zero-order valence-electron chi connectivity index (χ0n) is 18.2. The number of carbonyl (C=O) groups excluding carboxylic acids is 2. The molecule has 3 unspecified atom stereocenters. The smallest absolute Gasteiger partial charge is 0.254 e. The summed E-state index contributed by atoms with van der Waals surface area (Å²) in [6, 6.07) is 14.6. The van der Waals surface area contributed by atoms with Gasteiger partial charge in [0.25, 0.3) is 5.91 Å². The van der Waals surface area contributed by atoms with E-state index in [1.165, 1.54) is 6.42 Å². The molecule has 4 rings (SSSR count). The van der Waals surface area contributed by atoms with Gasteiger partial charge in [0, 0.05) is 18.2 Å². The van der Waals surface area contributed by atoms with Gasteiger partial charge in [-0.25, -0.2) is 0 Å². The number of carbonyl (C=O) groups is 2. The molecule has 31 heavy (non-hydrogen) atoms. The predicted octanol–water partition coefficient (Wildman–Crippen LogP) is 3.79. The minimum Gasteiger partial charge on any atom is -0.493 e. The van der Waals surface area contributed by atoms with Gasteiger partial charge in [0.1, 0.15) is 6.04 Å². The van der Waals surface area contributed by atoms with E-state index in [1.807, 2.05) is 53.4 Å². The van der Waals surface area contributed by atoms with E-state index in [-0.39, 0.29) is 17.9 Å². The number of benzene rings is 2. The van der Waals surface area contributed by atoms with Gasteiger partial charge in [-0.3, -0.25) is 9.59 Å². The van der Waals surface area contributed by atoms with Crippen LogP contribution < -0.4 is 14.8 Å². The van der Waals surface area contributed by atoms with E-state index in [2.05, 4.69) is 5.32 Å². The standard InChI is InChI=1S/C25H30N2O4/c1-30-22-13-12-17(14-23(22)31-2)16-26-24(28)21-15-19-10-6-7-11-20(19)27(21)25(29)18-8-4-3-5-9-18/h3-5,8-9,12-14,19-21H,6-7,10-11,15-16H2,1-2H3,(H,26,28). The van der Waals surface area contributed by atoms with Crippen LogP contribution in [-0.2, 0) is 11.3 Å². The number of hydrogen-bond acceptors (Lipinski definition) is 4. The van der Waals surface area contributed by atoms with Gasteiger partial charge >= 0.3 is 0 Å². The number of hydrogen-bond donors (Lipinski definition) is 1. The Labute approximate surface area is 183 Å². The van der Waals surface area contributed by atoms with Gasteiger partial charge in [0.15, 0.2) is 11.5 Å². The summed E-state index contributed by atoms with van der Waals surface area (Å²) in [7, 11) is 3.19. The highest BCUT2D eigenvalue weighted by molar-refractivity contribution is 5.98. The maximum absolute atomic E-state index is 13.4. The number of likely N-dealkylation sites (tertiary alicyclic amines) is 1. The van der Waals surface area contributed by atoms with Crippen LogP contribution in [0.3, 0.4) is 0 Å². The van der Waals surface area contributed by atoms with E-state index in [9.17, 15) is 9.59 Å². The Bertz CT molecular complexity index is 930. The molecule has 3 atom stereocenters. The van der Waals surface area contributed by atoms with E-state index < -0.39 is 6.04 Å². The van der Waals surface area contributed by atoms with Gasteiger partial charge in [0.05, 0.1) is 14.2 Å². The van der Waals surface area contributed by atoms with Crippen LogP contribution in [0.5, 0.6) is 11.5 Å². The monoisotopic (exact) mass is 422 g/mol. The number of amides is 2. The minimum atomic E-state index is -0.430. The Morgan fingerprint density at radius 2 is 1.74 bits per heavy atom. The Morgan fingerprint density at radius 3 is 2.48 bits per heavy atom. The molecule has 0 aromatic heterocycles. The molecule has 0 bridgehead atoms. The van der Waals surface area contributed by atoms with E-state index in [0.29, 0.717) is 29.5 Å². The lowest BCUT2D eigenvalue weighted by Crippen LogP contribution is -2.49. The van der Waals surface area contributed by atoms with Crippen molar-refractivity contribution in [1.29, 1.82) is 0 Å². The van der Waals surface area contributed by atoms with E-state index in [4.69, 9.17) is 9.47 Å². The molecule has 1 aliphatic carbocycles. The van der Waals surface area contributed by atoms with Gasteiger partial charge in [-0.2, -0.15) is 0 Å². The molecule has 2 fully saturated rings. The number of rotatable bonds is 6. The average molecular weight is 423 g/mol. The van der Waals surface area contributed by atoms with Crippen molar-refractivity contribution < 1.29 is 19.1 Å². The maximum atomic E-state index is 13.4. The molecule has 1 saturated carbocycles. The summed E-state index contributed by atoms with van der Waals surface area (Å²) in [6.45, 7) is 0.373. The second kappa shape index (κ2) is 9.41. The zero-order valence-corrected chi connectivity index (χ0v) is 18.2. The van der Waals surface area contributed by atoms with Crippen LogP contribution >= 0.6 is 0 Å². The first-order valence-corrected chi connectivity index (χ1v) is 11.0. The summed E-state index contributed by atoms with van der Waals surface area (Å²) in [6.07, 6.45) is 5.08. The first-order valence-electron chi connectivity index (χ1n) is 11.0. The second-order valence-corrected chi connectivity index (χ2v) is 8.35. The van der Waals surface area contributed by atoms with Gasteiger partial charge in [-0.1, -0.05) is 37.1 Å². The summed E-state index contributed by atoms with van der Waals surface area (Å²) < 4.78 is 10.6. The largest absolute Gasteiger partial charge is 0.493 e. The van der Waals surface area contributed by atoms with Gasteiger partial charge in [-0.05, 0) is 55.0 Å². The summed E-state index contributed by atoms with van der Waals surface area (Å²) in [5.41, 5.74) is 1.56. The predicted molar refractivity (Wildman–Crippen MR) is 118 cm³/mol. The molecule has 0 radical (unpaired) electrons. The van der Waals surface area contributed by atoms with Crippen molar-refractivity contribution >= 4 is 11.8 Å². The number of nitrogens with one attached hydrogen (secondary N) is 1. The molecule has 1 saturated heterocycles. The summed E-state index contributed by atoms with van der Waals surface area (Å²) in [5, 5.41) is 3.05. The Morgan fingerprint density at radius 1 is 1.00 bits per heavy atom. The summed E-state index contributed by atoms with van der Waals surface area (Å²) in [4.78, 5) is 28.4. The molecule has 2 aliphatic rings. The average Bonchev–Trinajstić information content (AvgIpc) is 3.22. The molecule has 2 aromatic carbocycles. The molecule has 2 amide bonds. The van der Waals surface area contributed by atoms with Crippen molar-refractivity contribution in [1.82, 2.24) is 10.2 Å². The third-order valence-corrected chi connectivity index (χ3v) is 6.56. The number of methoxy groups -OCH3 is 2. The highest BCUT2D eigenvalue weighted by Crippen LogP contribution is 2.40. The Hall–Kier alpha value is -3.02. The third kappa shape index (κ3) is 4.38. The lowest BCUT2D eigenvalue weighted by Gasteiger charge is -2.33. The lowest BCUT2D eigenvalue weighted by atomic mass is 9.84. The number of fused-ring (bicyclic) bond motifs is 1. The Kier molecular flexibility index (Phi) is 6.44. The van der Waals surface area contributed by atoms with Gasteiger partial charge < -0.3 is 19.7 Å². The third-order valence-electron chi connectivity index (χ3n) is 6.56. The van der Waals surface area contributed by atoms with Crippen LogP contribution in [0.4, 0.5) is 0 Å². The molecule has 1 N–H and O–H groups in total. The number of nitrogens with zero attached hydrogens (tertiary/aromatic N) is 1. The van der Waals surface area contributed by atoms with Crippen LogP contribution in [0, 0.1) is 5.92 Å². The molecule has 0 spiro atoms. The fourth-order valence-electron chi connectivity index (χ4n) is 5.01. The van der Waals surface area contributed by atoms with Crippen LogP contribution in [0.2, 0.25) is 0 Å². The highest BCUT2D eigenvalue weighted by atomic mass is 16.5. The topological polar surface area (TPSA) is 67.9 Å². The van der Waals surface area contributed by atoms with E-state index >= 15 is 0 Å². The maximum Gasteiger partial charge on any atom is 0.254 e. The molecular formula is C25H30N2O4. The van der Waals surface area contributed by atoms with Gasteiger partial charge in [-0.15, -0.1) is 0 Å². The summed E-state index contributed by atoms with van der Waals surface area (Å²) >= 11 is 0. The number of ether oxygens (including phenoxy) is 2. The van der Waals surface area contributed by atoms with Crippen LogP contribution in [0.25, 0.3) is 0 Å². The van der Waals surface area contributed by atoms with Crippen LogP contribution in [-0.4, -0.2) is 43.0 Å². The SMILES string of the molecule is COc1ccc(CNC(=O)C2CC3CCCCC3N2C(=O)c2ccccc2)cc1OC. The normalized spacial score (nSPS) is 22.5. The molecular weight excluding hydrogens is 392 g/mol. The second-order valence-electron chi connectivity index (χ2n) is 8.35. The molecule has 1 aliphatic heterocycles. The van der Waals surface area contributed by atoms with Crippen molar-refractivity contribution in [2.75, 3.05) is 14.2 Å². The van der Waals surface area contributed by atoms with Crippen molar-refractivity contribution in [3.05, 3.63) is 59.7 Å². The van der Waals surface area contributed by atoms with Crippen molar-refractivity contribution in [2.45, 2.75) is 50.7 Å². The first-order chi connectivity index (χ1) is 15.1. The van der Waals surface area contributed by atoms with Gasteiger partial charge in [0.2, 0.25) is 5.91 Å². The molecule has 2 aromatic rings.